The van der Waals surface area contributed by atoms with Gasteiger partial charge in [-0.15, -0.1) is 0 Å². The molecule has 4 N–H and O–H groups in total. The Labute approximate surface area is 216 Å². The summed E-state index contributed by atoms with van der Waals surface area (Å²) in [6, 6.07) is 11.1. The smallest absolute Gasteiger partial charge is 0.336 e. The third kappa shape index (κ3) is 6.03. The molecule has 1 aliphatic heterocycles. The van der Waals surface area contributed by atoms with E-state index in [0.717, 1.165) is 0 Å². The number of hydrogen-bond acceptors (Lipinski definition) is 8. The zero-order chi connectivity index (χ0) is 28.0. The minimum absolute atomic E-state index is 0.00536. The van der Waals surface area contributed by atoms with E-state index in [1.165, 1.54) is 55.5 Å². The lowest BCUT2D eigenvalue weighted by molar-refractivity contribution is -0.384. The van der Waals surface area contributed by atoms with Gasteiger partial charge >= 0.3 is 17.9 Å². The van der Waals surface area contributed by atoms with Gasteiger partial charge in [-0.25, -0.2) is 14.4 Å². The standard InChI is InChI=1S/C26H25N3O9/c1-14-20(25(33)34)22(16-7-5-8-17(13-16)29(36)37)21(15(2)28-14)26(35)38-12-6-11-27-23(30)18-9-3-4-10-19(18)24(31)32/h3-5,7-10,13,22,28H,6,11-12H2,1-2H3,(H,27,30)(H,31,32)(H,33,34)/t22-/m1/s1. The summed E-state index contributed by atoms with van der Waals surface area (Å²) in [6.07, 6.45) is 0.189. The predicted octanol–water partition coefficient (Wildman–Crippen LogP) is 2.98. The molecule has 0 spiro atoms. The van der Waals surface area contributed by atoms with Crippen LogP contribution < -0.4 is 10.6 Å². The Morgan fingerprint density at radius 3 is 2.26 bits per heavy atom. The molecule has 1 amide bonds. The minimum atomic E-state index is -1.30. The van der Waals surface area contributed by atoms with E-state index in [4.69, 9.17) is 4.74 Å². The van der Waals surface area contributed by atoms with Crippen LogP contribution >= 0.6 is 0 Å². The van der Waals surface area contributed by atoms with Crippen molar-refractivity contribution in [2.75, 3.05) is 13.2 Å². The quantitative estimate of drug-likeness (QED) is 0.156. The third-order valence-corrected chi connectivity index (χ3v) is 5.87. The van der Waals surface area contributed by atoms with Gasteiger partial charge in [0.2, 0.25) is 0 Å². The fourth-order valence-corrected chi connectivity index (χ4v) is 4.18. The highest BCUT2D eigenvalue weighted by atomic mass is 16.6. The van der Waals surface area contributed by atoms with E-state index in [0.29, 0.717) is 5.70 Å². The summed E-state index contributed by atoms with van der Waals surface area (Å²) < 4.78 is 5.36. The van der Waals surface area contributed by atoms with E-state index in [-0.39, 0.29) is 58.8 Å². The fourth-order valence-electron chi connectivity index (χ4n) is 4.18. The first-order valence-electron chi connectivity index (χ1n) is 11.5. The SMILES string of the molecule is CC1=C(C(=O)O)[C@@H](c2cccc([N+](=O)[O-])c2)C(C(=O)OCCCNC(=O)c2ccccc2C(=O)O)=C(C)N1. The molecule has 12 heteroatoms. The van der Waals surface area contributed by atoms with Crippen LogP contribution in [-0.4, -0.2) is 52.1 Å². The van der Waals surface area contributed by atoms with Crippen LogP contribution in [0.3, 0.4) is 0 Å². The Bertz CT molecular complexity index is 1380. The molecule has 1 heterocycles. The zero-order valence-electron chi connectivity index (χ0n) is 20.5. The van der Waals surface area contributed by atoms with Gasteiger partial charge in [0, 0.05) is 30.1 Å². The first-order chi connectivity index (χ1) is 18.0. The van der Waals surface area contributed by atoms with Crippen molar-refractivity contribution in [3.8, 4) is 0 Å². The monoisotopic (exact) mass is 523 g/mol. The molecule has 0 fully saturated rings. The highest BCUT2D eigenvalue weighted by molar-refractivity contribution is 6.04. The van der Waals surface area contributed by atoms with E-state index in [1.807, 2.05) is 0 Å². The molecule has 2 aromatic rings. The molecule has 0 unspecified atom stereocenters. The Morgan fingerprint density at radius 1 is 0.974 bits per heavy atom. The molecule has 0 saturated heterocycles. The maximum absolute atomic E-state index is 13.1. The Balaban J connectivity index is 1.72. The van der Waals surface area contributed by atoms with E-state index >= 15 is 0 Å². The highest BCUT2D eigenvalue weighted by Crippen LogP contribution is 2.39. The first kappa shape index (κ1) is 27.6. The Hall–Kier alpha value is -5.00. The molecule has 2 aromatic carbocycles. The average Bonchev–Trinajstić information content (AvgIpc) is 2.87. The molecule has 1 aliphatic rings. The number of carbonyl (C=O) groups excluding carboxylic acids is 2. The molecule has 0 aliphatic carbocycles. The molecular formula is C26H25N3O9. The summed E-state index contributed by atoms with van der Waals surface area (Å²) in [5.74, 6) is -5.07. The summed E-state index contributed by atoms with van der Waals surface area (Å²) in [7, 11) is 0. The number of allylic oxidation sites excluding steroid dienone is 2. The fraction of sp³-hybridized carbons (Fsp3) is 0.231. The van der Waals surface area contributed by atoms with Gasteiger partial charge < -0.3 is 25.6 Å². The van der Waals surface area contributed by atoms with Gasteiger partial charge in [-0.05, 0) is 38.0 Å². The first-order valence-corrected chi connectivity index (χ1v) is 11.5. The number of benzene rings is 2. The van der Waals surface area contributed by atoms with Crippen molar-refractivity contribution < 1.29 is 39.1 Å². The maximum atomic E-state index is 13.1. The number of non-ortho nitro benzene ring substituents is 1. The van der Waals surface area contributed by atoms with Crippen molar-refractivity contribution in [3.05, 3.63) is 97.9 Å². The predicted molar refractivity (Wildman–Crippen MR) is 133 cm³/mol. The van der Waals surface area contributed by atoms with Crippen molar-refractivity contribution in [3.63, 3.8) is 0 Å². The largest absolute Gasteiger partial charge is 0.478 e. The molecule has 0 radical (unpaired) electrons. The van der Waals surface area contributed by atoms with Crippen LogP contribution in [0.25, 0.3) is 0 Å². The highest BCUT2D eigenvalue weighted by Gasteiger charge is 2.37. The van der Waals surface area contributed by atoms with Crippen LogP contribution in [0.4, 0.5) is 5.69 Å². The molecule has 38 heavy (non-hydrogen) atoms. The van der Waals surface area contributed by atoms with Crippen molar-refractivity contribution in [2.24, 2.45) is 0 Å². The number of carbonyl (C=O) groups is 4. The van der Waals surface area contributed by atoms with Gasteiger partial charge in [0.25, 0.3) is 11.6 Å². The molecule has 198 valence electrons. The van der Waals surface area contributed by atoms with Crippen molar-refractivity contribution in [2.45, 2.75) is 26.2 Å². The average molecular weight is 523 g/mol. The molecule has 0 saturated carbocycles. The van der Waals surface area contributed by atoms with Crippen LogP contribution in [-0.2, 0) is 14.3 Å². The summed E-state index contributed by atoms with van der Waals surface area (Å²) in [4.78, 5) is 59.5. The summed E-state index contributed by atoms with van der Waals surface area (Å²) in [5.41, 5.74) is 0.310. The molecule has 3 rings (SSSR count). The molecular weight excluding hydrogens is 498 g/mol. The van der Waals surface area contributed by atoms with Crippen LogP contribution in [0.15, 0.2) is 71.1 Å². The number of dihydropyridines is 1. The number of carboxylic acid groups (broad SMARTS) is 2. The molecule has 1 atom stereocenters. The third-order valence-electron chi connectivity index (χ3n) is 5.87. The van der Waals surface area contributed by atoms with Gasteiger partial charge in [-0.3, -0.25) is 14.9 Å². The summed E-state index contributed by atoms with van der Waals surface area (Å²) in [5, 5.41) is 35.8. The zero-order valence-corrected chi connectivity index (χ0v) is 20.5. The number of carboxylic acids is 2. The van der Waals surface area contributed by atoms with Crippen molar-refractivity contribution in [1.82, 2.24) is 10.6 Å². The number of aromatic carboxylic acids is 1. The second kappa shape index (κ2) is 11.8. The number of nitro groups is 1. The number of rotatable bonds is 10. The Kier molecular flexibility index (Phi) is 8.58. The molecule has 12 nitrogen and oxygen atoms in total. The maximum Gasteiger partial charge on any atom is 0.336 e. The van der Waals surface area contributed by atoms with E-state index < -0.39 is 34.7 Å². The topological polar surface area (TPSA) is 185 Å². The lowest BCUT2D eigenvalue weighted by atomic mass is 9.80. The van der Waals surface area contributed by atoms with Gasteiger partial charge in [0.1, 0.15) is 0 Å². The lowest BCUT2D eigenvalue weighted by Crippen LogP contribution is -2.32. The second-order valence-electron chi connectivity index (χ2n) is 8.39. The number of amides is 1. The minimum Gasteiger partial charge on any atom is -0.478 e. The van der Waals surface area contributed by atoms with E-state index in [1.54, 1.807) is 6.92 Å². The van der Waals surface area contributed by atoms with Gasteiger partial charge in [-0.2, -0.15) is 0 Å². The second-order valence-corrected chi connectivity index (χ2v) is 8.39. The van der Waals surface area contributed by atoms with Crippen LogP contribution in [0.2, 0.25) is 0 Å². The van der Waals surface area contributed by atoms with Crippen molar-refractivity contribution in [1.29, 1.82) is 0 Å². The lowest BCUT2D eigenvalue weighted by Gasteiger charge is -2.29. The summed E-state index contributed by atoms with van der Waals surface area (Å²) >= 11 is 0. The van der Waals surface area contributed by atoms with Gasteiger partial charge in [-0.1, -0.05) is 24.3 Å². The van der Waals surface area contributed by atoms with Crippen LogP contribution in [0.1, 0.15) is 52.5 Å². The number of hydrogen-bond donors (Lipinski definition) is 4. The van der Waals surface area contributed by atoms with Crippen molar-refractivity contribution >= 4 is 29.5 Å². The van der Waals surface area contributed by atoms with Crippen LogP contribution in [0.5, 0.6) is 0 Å². The number of aliphatic carboxylic acids is 1. The van der Waals surface area contributed by atoms with E-state index in [9.17, 15) is 39.5 Å². The number of nitro benzene ring substituents is 1. The van der Waals surface area contributed by atoms with E-state index in [2.05, 4.69) is 10.6 Å². The summed E-state index contributed by atoms with van der Waals surface area (Å²) in [6.45, 7) is 3.04. The molecule has 0 aromatic heterocycles. The van der Waals surface area contributed by atoms with Crippen LogP contribution in [0, 0.1) is 10.1 Å². The van der Waals surface area contributed by atoms with Gasteiger partial charge in [0.15, 0.2) is 0 Å². The number of nitrogens with zero attached hydrogens (tertiary/aromatic N) is 1. The normalized spacial score (nSPS) is 14.9. The van der Waals surface area contributed by atoms with Gasteiger partial charge in [0.05, 0.1) is 39.7 Å². The Morgan fingerprint density at radius 2 is 1.63 bits per heavy atom. The molecule has 0 bridgehead atoms. The number of nitrogens with one attached hydrogen (secondary N) is 2. The number of esters is 1. The number of ether oxygens (including phenoxy) is 1.